The van der Waals surface area contributed by atoms with Crippen LogP contribution in [0.5, 0.6) is 0 Å². The highest BCUT2D eigenvalue weighted by Gasteiger charge is 2.13. The van der Waals surface area contributed by atoms with E-state index in [4.69, 9.17) is 11.0 Å². The van der Waals surface area contributed by atoms with Gasteiger partial charge in [0.1, 0.15) is 0 Å². The van der Waals surface area contributed by atoms with E-state index < -0.39 is 0 Å². The molecule has 88 valence electrons. The van der Waals surface area contributed by atoms with Gasteiger partial charge in [-0.2, -0.15) is 5.26 Å². The van der Waals surface area contributed by atoms with Crippen molar-refractivity contribution in [3.8, 4) is 17.9 Å². The lowest BCUT2D eigenvalue weighted by molar-refractivity contribution is 0.0803. The van der Waals surface area contributed by atoms with E-state index in [2.05, 4.69) is 11.8 Å². The maximum Gasteiger partial charge on any atom is 0.263 e. The van der Waals surface area contributed by atoms with Crippen LogP contribution < -0.4 is 5.73 Å². The van der Waals surface area contributed by atoms with Gasteiger partial charge in [0.15, 0.2) is 0 Å². The molecule has 1 aromatic heterocycles. The fourth-order valence-corrected chi connectivity index (χ4v) is 2.04. The van der Waals surface area contributed by atoms with E-state index >= 15 is 0 Å². The summed E-state index contributed by atoms with van der Waals surface area (Å²) in [6.07, 6.45) is 0.341. The van der Waals surface area contributed by atoms with Crippen molar-refractivity contribution in [3.05, 3.63) is 21.9 Å². The summed E-state index contributed by atoms with van der Waals surface area (Å²) in [7, 11) is 1.69. The molecule has 4 nitrogen and oxygen atoms in total. The first kappa shape index (κ1) is 13.2. The Morgan fingerprint density at radius 1 is 1.59 bits per heavy atom. The van der Waals surface area contributed by atoms with Gasteiger partial charge < -0.3 is 10.6 Å². The van der Waals surface area contributed by atoms with E-state index in [1.807, 2.05) is 6.07 Å². The number of hydrogen-bond acceptors (Lipinski definition) is 4. The first-order valence-electron chi connectivity index (χ1n) is 5.10. The summed E-state index contributed by atoms with van der Waals surface area (Å²) in [5.41, 5.74) is 5.27. The fourth-order valence-electron chi connectivity index (χ4n) is 1.17. The summed E-state index contributed by atoms with van der Waals surface area (Å²) in [6.45, 7) is 0.750. The van der Waals surface area contributed by atoms with Crippen molar-refractivity contribution in [2.45, 2.75) is 6.42 Å². The third kappa shape index (κ3) is 3.92. The van der Waals surface area contributed by atoms with Crippen LogP contribution in [-0.2, 0) is 0 Å². The highest BCUT2D eigenvalue weighted by molar-refractivity contribution is 7.14. The molecule has 5 heteroatoms. The summed E-state index contributed by atoms with van der Waals surface area (Å²) in [6, 6.07) is 5.56. The van der Waals surface area contributed by atoms with Crippen molar-refractivity contribution in [2.75, 3.05) is 20.1 Å². The molecule has 0 radical (unpaired) electrons. The van der Waals surface area contributed by atoms with Crippen LogP contribution in [0.3, 0.4) is 0 Å². The van der Waals surface area contributed by atoms with Gasteiger partial charge in [0.2, 0.25) is 0 Å². The van der Waals surface area contributed by atoms with E-state index in [-0.39, 0.29) is 5.91 Å². The van der Waals surface area contributed by atoms with Crippen LogP contribution in [0.2, 0.25) is 0 Å². The van der Waals surface area contributed by atoms with Crippen molar-refractivity contribution in [2.24, 2.45) is 5.73 Å². The minimum atomic E-state index is -0.0777. The number of rotatable bonds is 3. The summed E-state index contributed by atoms with van der Waals surface area (Å²) in [5, 5.41) is 8.45. The Hall–Kier alpha value is -1.82. The van der Waals surface area contributed by atoms with E-state index in [1.165, 1.54) is 16.2 Å². The average Bonchev–Trinajstić information content (AvgIpc) is 2.81. The van der Waals surface area contributed by atoms with Gasteiger partial charge in [-0.15, -0.1) is 11.3 Å². The number of carbonyl (C=O) groups is 1. The van der Waals surface area contributed by atoms with Gasteiger partial charge in [0.25, 0.3) is 5.91 Å². The molecule has 2 N–H and O–H groups in total. The number of nitrogens with two attached hydrogens (primary N) is 1. The summed E-state index contributed by atoms with van der Waals surface area (Å²) >= 11 is 1.34. The molecule has 1 rings (SSSR count). The molecule has 0 aliphatic carbocycles. The molecule has 0 aromatic carbocycles. The van der Waals surface area contributed by atoms with Crippen molar-refractivity contribution < 1.29 is 4.79 Å². The van der Waals surface area contributed by atoms with Crippen LogP contribution in [0.1, 0.15) is 21.0 Å². The molecule has 0 fully saturated rings. The van der Waals surface area contributed by atoms with Crippen LogP contribution in [0.4, 0.5) is 0 Å². The predicted molar refractivity (Wildman–Crippen MR) is 67.4 cm³/mol. The standard InChI is InChI=1S/C12H13N3OS/c1-15(9-3-8-14)12(16)11-6-5-10(17-11)4-2-7-13/h5-6H,3,7,9,13H2,1H3. The highest BCUT2D eigenvalue weighted by atomic mass is 32.1. The van der Waals surface area contributed by atoms with Gasteiger partial charge in [-0.1, -0.05) is 11.8 Å². The lowest BCUT2D eigenvalue weighted by Gasteiger charge is -2.13. The van der Waals surface area contributed by atoms with Crippen molar-refractivity contribution in [1.29, 1.82) is 5.26 Å². The third-order valence-corrected chi connectivity index (χ3v) is 3.02. The Labute approximate surface area is 105 Å². The number of carbonyl (C=O) groups excluding carboxylic acids is 1. The van der Waals surface area contributed by atoms with Crippen molar-refractivity contribution in [1.82, 2.24) is 4.90 Å². The van der Waals surface area contributed by atoms with Crippen molar-refractivity contribution >= 4 is 17.2 Å². The predicted octanol–water partition coefficient (Wildman–Crippen LogP) is 1.04. The van der Waals surface area contributed by atoms with Gasteiger partial charge in [0.05, 0.1) is 28.8 Å². The van der Waals surface area contributed by atoms with E-state index in [9.17, 15) is 4.79 Å². The molecule has 0 unspecified atom stereocenters. The maximum atomic E-state index is 11.9. The second-order valence-electron chi connectivity index (χ2n) is 3.30. The molecule has 1 heterocycles. The van der Waals surface area contributed by atoms with Gasteiger partial charge in [-0.25, -0.2) is 0 Å². The lowest BCUT2D eigenvalue weighted by atomic mass is 10.3. The maximum absolute atomic E-state index is 11.9. The van der Waals surface area contributed by atoms with Crippen LogP contribution in [-0.4, -0.2) is 30.9 Å². The van der Waals surface area contributed by atoms with Crippen molar-refractivity contribution in [3.63, 3.8) is 0 Å². The first-order chi connectivity index (χ1) is 8.19. The van der Waals surface area contributed by atoms with Gasteiger partial charge in [0, 0.05) is 13.6 Å². The zero-order chi connectivity index (χ0) is 12.7. The van der Waals surface area contributed by atoms with E-state index in [0.29, 0.717) is 24.4 Å². The van der Waals surface area contributed by atoms with Gasteiger partial charge in [-0.05, 0) is 12.1 Å². The smallest absolute Gasteiger partial charge is 0.263 e. The molecule has 0 saturated carbocycles. The molecule has 17 heavy (non-hydrogen) atoms. The second-order valence-corrected chi connectivity index (χ2v) is 4.39. The largest absolute Gasteiger partial charge is 0.340 e. The quantitative estimate of drug-likeness (QED) is 0.811. The Kier molecular flexibility index (Phi) is 5.22. The van der Waals surface area contributed by atoms with Crippen LogP contribution in [0.15, 0.2) is 12.1 Å². The van der Waals surface area contributed by atoms with Crippen LogP contribution in [0, 0.1) is 23.2 Å². The molecule has 0 aliphatic rings. The number of amides is 1. The summed E-state index contributed by atoms with van der Waals surface area (Å²) in [4.78, 5) is 14.9. The summed E-state index contributed by atoms with van der Waals surface area (Å²) in [5.74, 6) is 5.54. The number of nitrogens with zero attached hydrogens (tertiary/aromatic N) is 2. The normalized spacial score (nSPS) is 9.00. The summed E-state index contributed by atoms with van der Waals surface area (Å²) < 4.78 is 0. The third-order valence-electron chi connectivity index (χ3n) is 2.04. The monoisotopic (exact) mass is 247 g/mol. The fraction of sp³-hybridized carbons (Fsp3) is 0.333. The molecule has 0 atom stereocenters. The van der Waals surface area contributed by atoms with Gasteiger partial charge >= 0.3 is 0 Å². The Morgan fingerprint density at radius 2 is 2.35 bits per heavy atom. The number of thiophene rings is 1. The topological polar surface area (TPSA) is 70.1 Å². The lowest BCUT2D eigenvalue weighted by Crippen LogP contribution is -2.26. The molecular formula is C12H13N3OS. The SMILES string of the molecule is CN(CCC#N)C(=O)c1ccc(C#CCN)s1. The second kappa shape index (κ2) is 6.70. The Bertz CT molecular complexity index is 490. The zero-order valence-corrected chi connectivity index (χ0v) is 10.4. The van der Waals surface area contributed by atoms with Gasteiger partial charge in [-0.3, -0.25) is 4.79 Å². The Morgan fingerprint density at radius 3 is 3.00 bits per heavy atom. The van der Waals surface area contributed by atoms with E-state index in [1.54, 1.807) is 19.2 Å². The highest BCUT2D eigenvalue weighted by Crippen LogP contribution is 2.17. The minimum Gasteiger partial charge on any atom is -0.340 e. The van der Waals surface area contributed by atoms with E-state index in [0.717, 1.165) is 4.88 Å². The molecule has 0 saturated heterocycles. The molecule has 1 aromatic rings. The molecule has 0 aliphatic heterocycles. The zero-order valence-electron chi connectivity index (χ0n) is 9.56. The first-order valence-corrected chi connectivity index (χ1v) is 5.92. The molecular weight excluding hydrogens is 234 g/mol. The number of hydrogen-bond donors (Lipinski definition) is 1. The molecule has 0 spiro atoms. The molecule has 0 bridgehead atoms. The van der Waals surface area contributed by atoms with Crippen LogP contribution >= 0.6 is 11.3 Å². The molecule has 1 amide bonds. The minimum absolute atomic E-state index is 0.0777. The van der Waals surface area contributed by atoms with Crippen LogP contribution in [0.25, 0.3) is 0 Å². The average molecular weight is 247 g/mol. The number of nitriles is 1. The Balaban J connectivity index is 2.70.